The Balaban J connectivity index is 1.58. The normalized spacial score (nSPS) is 10.7. The van der Waals surface area contributed by atoms with Crippen molar-refractivity contribution in [1.82, 2.24) is 9.78 Å². The summed E-state index contributed by atoms with van der Waals surface area (Å²) in [5, 5.41) is 6.73. The van der Waals surface area contributed by atoms with Crippen LogP contribution >= 0.6 is 15.9 Å². The number of ether oxygens (including phenoxy) is 2. The van der Waals surface area contributed by atoms with Crippen LogP contribution in [0.5, 0.6) is 11.5 Å². The molecule has 9 heteroatoms. The monoisotopic (exact) mass is 437 g/mol. The van der Waals surface area contributed by atoms with E-state index in [9.17, 15) is 13.6 Å². The Morgan fingerprint density at radius 1 is 1.19 bits per heavy atom. The summed E-state index contributed by atoms with van der Waals surface area (Å²) in [5.74, 6) is 0.120. The molecule has 0 saturated heterocycles. The molecule has 0 radical (unpaired) electrons. The predicted molar refractivity (Wildman–Crippen MR) is 98.0 cm³/mol. The maximum Gasteiger partial charge on any atom is 0.387 e. The highest BCUT2D eigenvalue weighted by Gasteiger charge is 2.11. The highest BCUT2D eigenvalue weighted by Crippen LogP contribution is 2.18. The van der Waals surface area contributed by atoms with Crippen LogP contribution in [-0.4, -0.2) is 22.3 Å². The lowest BCUT2D eigenvalue weighted by Gasteiger charge is -2.07. The molecule has 27 heavy (non-hydrogen) atoms. The van der Waals surface area contributed by atoms with Gasteiger partial charge in [-0.2, -0.15) is 13.9 Å². The molecule has 0 aliphatic heterocycles. The molecule has 2 aromatic carbocycles. The summed E-state index contributed by atoms with van der Waals surface area (Å²) in [5.41, 5.74) is 0.631. The molecule has 0 saturated carbocycles. The average molecular weight is 438 g/mol. The van der Waals surface area contributed by atoms with E-state index in [4.69, 9.17) is 4.74 Å². The fourth-order valence-electron chi connectivity index (χ4n) is 2.19. The number of nitrogens with one attached hydrogen (secondary N) is 1. The number of benzene rings is 2. The number of carbonyl (C=O) groups excluding carboxylic acids is 1. The summed E-state index contributed by atoms with van der Waals surface area (Å²) >= 11 is 3.34. The van der Waals surface area contributed by atoms with E-state index in [0.29, 0.717) is 11.4 Å². The molecule has 3 rings (SSSR count). The van der Waals surface area contributed by atoms with Crippen LogP contribution < -0.4 is 14.8 Å². The van der Waals surface area contributed by atoms with Gasteiger partial charge in [-0.05, 0) is 42.5 Å². The van der Waals surface area contributed by atoms with Crippen LogP contribution in [0.4, 0.5) is 14.5 Å². The van der Waals surface area contributed by atoms with E-state index in [2.05, 4.69) is 31.1 Å². The van der Waals surface area contributed by atoms with Crippen molar-refractivity contribution in [3.63, 3.8) is 0 Å². The highest BCUT2D eigenvalue weighted by atomic mass is 79.9. The van der Waals surface area contributed by atoms with Crippen molar-refractivity contribution in [1.29, 1.82) is 0 Å². The number of halogens is 3. The van der Waals surface area contributed by atoms with Crippen LogP contribution in [-0.2, 0) is 6.73 Å². The fourth-order valence-corrected chi connectivity index (χ4v) is 2.45. The van der Waals surface area contributed by atoms with Crippen LogP contribution in [0.25, 0.3) is 0 Å². The first-order valence-electron chi connectivity index (χ1n) is 7.76. The van der Waals surface area contributed by atoms with Gasteiger partial charge in [-0.3, -0.25) is 4.79 Å². The Morgan fingerprint density at radius 2 is 1.96 bits per heavy atom. The molecule has 1 amide bonds. The van der Waals surface area contributed by atoms with Gasteiger partial charge in [0.15, 0.2) is 6.73 Å². The Kier molecular flexibility index (Phi) is 6.02. The summed E-state index contributed by atoms with van der Waals surface area (Å²) < 4.78 is 36.9. The van der Waals surface area contributed by atoms with Gasteiger partial charge in [0.05, 0.1) is 18.1 Å². The van der Waals surface area contributed by atoms with E-state index < -0.39 is 12.5 Å². The number of aromatic nitrogens is 2. The van der Waals surface area contributed by atoms with Crippen LogP contribution in [0, 0.1) is 0 Å². The number of hydrogen-bond donors (Lipinski definition) is 1. The minimum Gasteiger partial charge on any atom is -0.471 e. The second-order valence-electron chi connectivity index (χ2n) is 5.36. The van der Waals surface area contributed by atoms with E-state index in [1.54, 1.807) is 6.20 Å². The molecule has 1 heterocycles. The van der Waals surface area contributed by atoms with Gasteiger partial charge in [-0.25, -0.2) is 4.68 Å². The van der Waals surface area contributed by atoms with Crippen molar-refractivity contribution < 1.29 is 23.0 Å². The molecular formula is C18H14BrF2N3O3. The number of hydrogen-bond acceptors (Lipinski definition) is 4. The summed E-state index contributed by atoms with van der Waals surface area (Å²) in [6.07, 6.45) is 3.05. The van der Waals surface area contributed by atoms with Crippen LogP contribution in [0.2, 0.25) is 0 Å². The first kappa shape index (κ1) is 18.8. The van der Waals surface area contributed by atoms with E-state index in [1.165, 1.54) is 35.1 Å². The second kappa shape index (κ2) is 8.63. The Hall–Kier alpha value is -2.94. The van der Waals surface area contributed by atoms with Crippen molar-refractivity contribution in [2.75, 3.05) is 5.32 Å². The van der Waals surface area contributed by atoms with E-state index in [1.807, 2.05) is 24.3 Å². The second-order valence-corrected chi connectivity index (χ2v) is 6.27. The van der Waals surface area contributed by atoms with Crippen LogP contribution in [0.15, 0.2) is 65.4 Å². The third-order valence-corrected chi connectivity index (χ3v) is 3.92. The fraction of sp³-hybridized carbons (Fsp3) is 0.111. The smallest absolute Gasteiger partial charge is 0.387 e. The van der Waals surface area contributed by atoms with Gasteiger partial charge in [0.2, 0.25) is 0 Å². The van der Waals surface area contributed by atoms with Gasteiger partial charge < -0.3 is 14.8 Å². The first-order valence-corrected chi connectivity index (χ1v) is 8.56. The van der Waals surface area contributed by atoms with E-state index in [0.717, 1.165) is 4.47 Å². The molecule has 0 aliphatic carbocycles. The summed E-state index contributed by atoms with van der Waals surface area (Å²) in [6.45, 7) is -2.79. The molecule has 0 bridgehead atoms. The standard InChI is InChI=1S/C18H14BrF2N3O3/c19-13-4-6-15(7-5-13)26-11-24-10-14(9-22-24)23-17(25)12-2-1-3-16(8-12)27-18(20)21/h1-10,18H,11H2,(H,23,25). The number of rotatable bonds is 7. The van der Waals surface area contributed by atoms with Gasteiger partial charge >= 0.3 is 6.61 Å². The molecule has 1 N–H and O–H groups in total. The van der Waals surface area contributed by atoms with Crippen molar-refractivity contribution >= 4 is 27.5 Å². The largest absolute Gasteiger partial charge is 0.471 e. The molecule has 1 aromatic heterocycles. The summed E-state index contributed by atoms with van der Waals surface area (Å²) in [7, 11) is 0. The molecule has 0 aliphatic rings. The topological polar surface area (TPSA) is 65.4 Å². The Labute approximate surface area is 161 Å². The number of anilines is 1. The number of amides is 1. The minimum absolute atomic E-state index is 0.0868. The Morgan fingerprint density at radius 3 is 2.70 bits per heavy atom. The molecule has 3 aromatic rings. The first-order chi connectivity index (χ1) is 13.0. The lowest BCUT2D eigenvalue weighted by atomic mass is 10.2. The maximum atomic E-state index is 12.3. The molecule has 140 valence electrons. The molecule has 0 fully saturated rings. The SMILES string of the molecule is O=C(Nc1cnn(COc2ccc(Br)cc2)c1)c1cccc(OC(F)F)c1. The zero-order chi connectivity index (χ0) is 19.2. The molecule has 6 nitrogen and oxygen atoms in total. The molecular weight excluding hydrogens is 424 g/mol. The number of alkyl halides is 2. The average Bonchev–Trinajstić information content (AvgIpc) is 3.08. The van der Waals surface area contributed by atoms with Gasteiger partial charge in [0.1, 0.15) is 11.5 Å². The summed E-state index contributed by atoms with van der Waals surface area (Å²) in [4.78, 5) is 12.2. The third-order valence-electron chi connectivity index (χ3n) is 3.39. The third kappa shape index (κ3) is 5.52. The van der Waals surface area contributed by atoms with Crippen molar-refractivity contribution in [2.24, 2.45) is 0 Å². The van der Waals surface area contributed by atoms with Gasteiger partial charge in [0.25, 0.3) is 5.91 Å². The van der Waals surface area contributed by atoms with Crippen LogP contribution in [0.3, 0.4) is 0 Å². The lowest BCUT2D eigenvalue weighted by molar-refractivity contribution is -0.0498. The minimum atomic E-state index is -2.95. The Bertz CT molecular complexity index is 916. The van der Waals surface area contributed by atoms with Gasteiger partial charge in [0, 0.05) is 10.0 Å². The zero-order valence-electron chi connectivity index (χ0n) is 13.8. The van der Waals surface area contributed by atoms with Crippen molar-refractivity contribution in [2.45, 2.75) is 13.3 Å². The van der Waals surface area contributed by atoms with E-state index >= 15 is 0 Å². The zero-order valence-corrected chi connectivity index (χ0v) is 15.4. The quantitative estimate of drug-likeness (QED) is 0.589. The van der Waals surface area contributed by atoms with Crippen LogP contribution in [0.1, 0.15) is 10.4 Å². The van der Waals surface area contributed by atoms with Crippen molar-refractivity contribution in [3.05, 3.63) is 71.0 Å². The highest BCUT2D eigenvalue weighted by molar-refractivity contribution is 9.10. The van der Waals surface area contributed by atoms with Gasteiger partial charge in [-0.1, -0.05) is 22.0 Å². The lowest BCUT2D eigenvalue weighted by Crippen LogP contribution is -2.12. The predicted octanol–water partition coefficient (Wildman–Crippen LogP) is 4.54. The maximum absolute atomic E-state index is 12.3. The van der Waals surface area contributed by atoms with E-state index in [-0.39, 0.29) is 18.0 Å². The number of nitrogens with zero attached hydrogens (tertiary/aromatic N) is 2. The molecule has 0 unspecified atom stereocenters. The summed E-state index contributed by atoms with van der Waals surface area (Å²) in [6, 6.07) is 12.9. The molecule has 0 atom stereocenters. The van der Waals surface area contributed by atoms with Gasteiger partial charge in [-0.15, -0.1) is 0 Å². The van der Waals surface area contributed by atoms with Crippen molar-refractivity contribution in [3.8, 4) is 11.5 Å². The number of carbonyl (C=O) groups is 1. The molecule has 0 spiro atoms.